The third kappa shape index (κ3) is 6.32. The Balaban J connectivity index is 2.70. The fourth-order valence-corrected chi connectivity index (χ4v) is 1.90. The molecule has 1 amide bonds. The molecule has 0 spiro atoms. The van der Waals surface area contributed by atoms with Gasteiger partial charge in [0.05, 0.1) is 0 Å². The summed E-state index contributed by atoms with van der Waals surface area (Å²) in [7, 11) is 0. The molecule has 1 aromatic carbocycles. The Bertz CT molecular complexity index is 525. The first-order valence-corrected chi connectivity index (χ1v) is 7.19. The number of nitrogens with one attached hydrogen (secondary N) is 1. The molecule has 0 saturated heterocycles. The Hall–Kier alpha value is -1.79. The lowest BCUT2D eigenvalue weighted by atomic mass is 10.0. The lowest BCUT2D eigenvalue weighted by Gasteiger charge is -2.23. The van der Waals surface area contributed by atoms with Gasteiger partial charge in [0.15, 0.2) is 0 Å². The summed E-state index contributed by atoms with van der Waals surface area (Å²) in [6.45, 7) is 5.09. The molecule has 0 radical (unpaired) electrons. The van der Waals surface area contributed by atoms with Gasteiger partial charge in [0.2, 0.25) is 0 Å². The van der Waals surface area contributed by atoms with Crippen LogP contribution in [0.2, 0.25) is 5.02 Å². The van der Waals surface area contributed by atoms with Crippen molar-refractivity contribution in [1.82, 2.24) is 5.32 Å². The number of ether oxygens (including phenoxy) is 1. The fourth-order valence-electron chi connectivity index (χ4n) is 1.77. The van der Waals surface area contributed by atoms with Crippen molar-refractivity contribution in [2.24, 2.45) is 5.73 Å². The number of carboxylic acid groups (broad SMARTS) is 1. The third-order valence-electron chi connectivity index (χ3n) is 2.78. The number of nitrogens with two attached hydrogens (primary N) is 1. The van der Waals surface area contributed by atoms with Crippen LogP contribution < -0.4 is 11.1 Å². The van der Waals surface area contributed by atoms with Gasteiger partial charge in [-0.1, -0.05) is 23.7 Å². The van der Waals surface area contributed by atoms with Crippen LogP contribution >= 0.6 is 11.6 Å². The van der Waals surface area contributed by atoms with Crippen molar-refractivity contribution in [2.45, 2.75) is 44.9 Å². The Morgan fingerprint density at radius 2 is 1.86 bits per heavy atom. The van der Waals surface area contributed by atoms with E-state index in [0.717, 1.165) is 5.56 Å². The van der Waals surface area contributed by atoms with Gasteiger partial charge in [-0.3, -0.25) is 0 Å². The number of aliphatic carboxylic acids is 1. The van der Waals surface area contributed by atoms with Crippen LogP contribution in [-0.2, 0) is 9.53 Å². The number of carboxylic acids is 1. The van der Waals surface area contributed by atoms with Gasteiger partial charge in [-0.15, -0.1) is 0 Å². The van der Waals surface area contributed by atoms with Crippen molar-refractivity contribution in [3.63, 3.8) is 0 Å². The lowest BCUT2D eigenvalue weighted by molar-refractivity contribution is -0.139. The van der Waals surface area contributed by atoms with E-state index in [-0.39, 0.29) is 6.42 Å². The van der Waals surface area contributed by atoms with Gasteiger partial charge in [0, 0.05) is 11.1 Å². The number of amides is 1. The van der Waals surface area contributed by atoms with Gasteiger partial charge in [-0.05, 0) is 44.9 Å². The van der Waals surface area contributed by atoms with Gasteiger partial charge in [-0.25, -0.2) is 9.59 Å². The summed E-state index contributed by atoms with van der Waals surface area (Å²) in [5.74, 6) is -1.17. The first-order valence-electron chi connectivity index (χ1n) is 6.82. The van der Waals surface area contributed by atoms with Gasteiger partial charge in [0.1, 0.15) is 11.6 Å². The molecular weight excluding hydrogens is 308 g/mol. The molecule has 0 saturated carbocycles. The third-order valence-corrected chi connectivity index (χ3v) is 3.03. The highest BCUT2D eigenvalue weighted by molar-refractivity contribution is 6.30. The van der Waals surface area contributed by atoms with Crippen LogP contribution in [0.4, 0.5) is 4.79 Å². The minimum atomic E-state index is -1.17. The highest BCUT2D eigenvalue weighted by Crippen LogP contribution is 2.19. The summed E-state index contributed by atoms with van der Waals surface area (Å²) in [4.78, 5) is 23.0. The quantitative estimate of drug-likeness (QED) is 0.771. The van der Waals surface area contributed by atoms with Crippen molar-refractivity contribution in [1.29, 1.82) is 0 Å². The van der Waals surface area contributed by atoms with Crippen LogP contribution in [0.1, 0.15) is 38.8 Å². The van der Waals surface area contributed by atoms with E-state index >= 15 is 0 Å². The maximum atomic E-state index is 11.7. The van der Waals surface area contributed by atoms with E-state index in [1.165, 1.54) is 0 Å². The number of carbonyl (C=O) groups excluding carboxylic acids is 1. The van der Waals surface area contributed by atoms with E-state index in [0.29, 0.717) is 5.02 Å². The van der Waals surface area contributed by atoms with Gasteiger partial charge < -0.3 is 20.9 Å². The summed E-state index contributed by atoms with van der Waals surface area (Å²) in [5.41, 5.74) is 6.02. The van der Waals surface area contributed by atoms with Crippen LogP contribution in [0.15, 0.2) is 24.3 Å². The van der Waals surface area contributed by atoms with E-state index in [9.17, 15) is 14.7 Å². The average Bonchev–Trinajstić information content (AvgIpc) is 2.36. The second kappa shape index (κ2) is 7.47. The minimum absolute atomic E-state index is 0.0379. The largest absolute Gasteiger partial charge is 0.480 e. The predicted octanol–water partition coefficient (Wildman–Crippen LogP) is 2.71. The normalized spacial score (nSPS) is 14.0. The van der Waals surface area contributed by atoms with Crippen molar-refractivity contribution in [3.8, 4) is 0 Å². The molecule has 0 aliphatic heterocycles. The lowest BCUT2D eigenvalue weighted by Crippen LogP contribution is -2.44. The van der Waals surface area contributed by atoms with Crippen molar-refractivity contribution in [3.05, 3.63) is 34.9 Å². The minimum Gasteiger partial charge on any atom is -0.480 e. The van der Waals surface area contributed by atoms with Gasteiger partial charge >= 0.3 is 12.1 Å². The Kier molecular flexibility index (Phi) is 6.20. The molecule has 0 aromatic heterocycles. The number of benzene rings is 1. The molecule has 122 valence electrons. The van der Waals surface area contributed by atoms with Crippen LogP contribution in [0.5, 0.6) is 0 Å². The number of carbonyl (C=O) groups is 2. The van der Waals surface area contributed by atoms with Crippen LogP contribution in [0.3, 0.4) is 0 Å². The smallest absolute Gasteiger partial charge is 0.408 e. The first-order chi connectivity index (χ1) is 10.1. The molecule has 22 heavy (non-hydrogen) atoms. The van der Waals surface area contributed by atoms with Crippen LogP contribution in [0, 0.1) is 0 Å². The van der Waals surface area contributed by atoms with Crippen molar-refractivity contribution < 1.29 is 19.4 Å². The molecule has 0 fully saturated rings. The second-order valence-corrected chi connectivity index (χ2v) is 6.37. The maximum Gasteiger partial charge on any atom is 0.408 e. The molecule has 1 rings (SSSR count). The SMILES string of the molecule is CC(C)(C)OC(=O)N[C@H](C[C@@H](N)c1ccc(Cl)cc1)C(=O)O. The van der Waals surface area contributed by atoms with Crippen LogP contribution in [0.25, 0.3) is 0 Å². The van der Waals surface area contributed by atoms with Gasteiger partial charge in [0.25, 0.3) is 0 Å². The van der Waals surface area contributed by atoms with E-state index in [2.05, 4.69) is 5.32 Å². The number of alkyl carbamates (subject to hydrolysis) is 1. The molecule has 1 aromatic rings. The number of hydrogen-bond acceptors (Lipinski definition) is 4. The van der Waals surface area contributed by atoms with E-state index in [1.807, 2.05) is 0 Å². The summed E-state index contributed by atoms with van der Waals surface area (Å²) in [6.07, 6.45) is -0.751. The predicted molar refractivity (Wildman–Crippen MR) is 83.8 cm³/mol. The van der Waals surface area contributed by atoms with Crippen molar-refractivity contribution >= 4 is 23.7 Å². The summed E-state index contributed by atoms with van der Waals surface area (Å²) < 4.78 is 5.05. The second-order valence-electron chi connectivity index (χ2n) is 5.93. The molecule has 0 heterocycles. The molecule has 0 aliphatic carbocycles. The van der Waals surface area contributed by atoms with Crippen LogP contribution in [-0.4, -0.2) is 28.8 Å². The highest BCUT2D eigenvalue weighted by atomic mass is 35.5. The average molecular weight is 329 g/mol. The zero-order valence-electron chi connectivity index (χ0n) is 12.8. The summed E-state index contributed by atoms with van der Waals surface area (Å²) in [5, 5.41) is 12.1. The topological polar surface area (TPSA) is 102 Å². The molecule has 0 aliphatic rings. The molecule has 4 N–H and O–H groups in total. The molecule has 6 nitrogen and oxygen atoms in total. The van der Waals surface area contributed by atoms with E-state index < -0.39 is 29.7 Å². The molecule has 7 heteroatoms. The van der Waals surface area contributed by atoms with E-state index in [1.54, 1.807) is 45.0 Å². The highest BCUT2D eigenvalue weighted by Gasteiger charge is 2.26. The molecule has 2 atom stereocenters. The molecule has 0 unspecified atom stereocenters. The first kappa shape index (κ1) is 18.3. The van der Waals surface area contributed by atoms with Crippen molar-refractivity contribution in [2.75, 3.05) is 0 Å². The van der Waals surface area contributed by atoms with Gasteiger partial charge in [-0.2, -0.15) is 0 Å². The number of hydrogen-bond donors (Lipinski definition) is 3. The van der Waals surface area contributed by atoms with E-state index in [4.69, 9.17) is 22.1 Å². The maximum absolute atomic E-state index is 11.7. The number of halogens is 1. The fraction of sp³-hybridized carbons (Fsp3) is 0.467. The summed E-state index contributed by atoms with van der Waals surface area (Å²) >= 11 is 5.79. The Labute approximate surface area is 134 Å². The Morgan fingerprint density at radius 3 is 2.32 bits per heavy atom. The monoisotopic (exact) mass is 328 g/mol. The Morgan fingerprint density at radius 1 is 1.32 bits per heavy atom. The zero-order valence-corrected chi connectivity index (χ0v) is 13.6. The standard InChI is InChI=1S/C15H21ClN2O4/c1-15(2,3)22-14(21)18-12(13(19)20)8-11(17)9-4-6-10(16)7-5-9/h4-7,11-12H,8,17H2,1-3H3,(H,18,21)(H,19,20)/t11-,12-/m1/s1. The molecule has 0 bridgehead atoms. The summed E-state index contributed by atoms with van der Waals surface area (Å²) in [6, 6.07) is 5.11. The number of rotatable bonds is 5. The molecular formula is C15H21ClN2O4. The zero-order chi connectivity index (χ0) is 16.9.